The summed E-state index contributed by atoms with van der Waals surface area (Å²) in [7, 11) is -4.69. The van der Waals surface area contributed by atoms with E-state index in [1.807, 2.05) is 44.2 Å². The molecule has 2 aromatic carbocycles. The molecule has 1 unspecified atom stereocenters. The van der Waals surface area contributed by atoms with Gasteiger partial charge in [-0.3, -0.25) is 9.35 Å². The molecule has 0 aliphatic carbocycles. The summed E-state index contributed by atoms with van der Waals surface area (Å²) >= 11 is 0. The molecule has 0 fully saturated rings. The Morgan fingerprint density at radius 3 is 1.77 bits per heavy atom. The van der Waals surface area contributed by atoms with Crippen molar-refractivity contribution in [1.82, 2.24) is 0 Å². The molecule has 0 radical (unpaired) electrons. The van der Waals surface area contributed by atoms with Gasteiger partial charge in [0.15, 0.2) is 0 Å². The second kappa shape index (κ2) is 7.72. The molecule has 2 N–H and O–H groups in total. The van der Waals surface area contributed by atoms with Gasteiger partial charge in [0, 0.05) is 0 Å². The standard InChI is InChI=1S/C14H12O5S.C2H6/c15-14(16)13(20(17,18)19)12-8-6-11(7-9-12)10-4-2-1-3-5-10;1-2/h1-9,13H,(H,15,16)(H,17,18,19);1-2H3. The fourth-order valence-corrected chi connectivity index (χ4v) is 2.68. The Morgan fingerprint density at radius 2 is 1.36 bits per heavy atom. The zero-order chi connectivity index (χ0) is 16.8. The Hall–Kier alpha value is -2.18. The molecule has 0 aromatic heterocycles. The first-order valence-electron chi connectivity index (χ1n) is 6.74. The van der Waals surface area contributed by atoms with Crippen molar-refractivity contribution >= 4 is 16.1 Å². The van der Waals surface area contributed by atoms with Crippen molar-refractivity contribution < 1.29 is 22.9 Å². The molecular formula is C16H18O5S. The SMILES string of the molecule is CC.O=C(O)C(c1ccc(-c2ccccc2)cc1)S(=O)(=O)O. The van der Waals surface area contributed by atoms with Crippen LogP contribution < -0.4 is 0 Å². The molecule has 6 heteroatoms. The molecule has 0 heterocycles. The molecule has 0 amide bonds. The number of hydrogen-bond acceptors (Lipinski definition) is 3. The lowest BCUT2D eigenvalue weighted by Crippen LogP contribution is -2.21. The number of aliphatic carboxylic acids is 1. The maximum atomic E-state index is 11.1. The van der Waals surface area contributed by atoms with E-state index < -0.39 is 21.3 Å². The minimum absolute atomic E-state index is 0.0136. The lowest BCUT2D eigenvalue weighted by molar-refractivity contribution is -0.136. The summed E-state index contributed by atoms with van der Waals surface area (Å²) in [6.45, 7) is 4.00. The number of carboxylic acids is 1. The maximum Gasteiger partial charge on any atom is 0.329 e. The third-order valence-electron chi connectivity index (χ3n) is 2.84. The van der Waals surface area contributed by atoms with Crippen LogP contribution in [0.3, 0.4) is 0 Å². The van der Waals surface area contributed by atoms with Crippen LogP contribution in [0.5, 0.6) is 0 Å². The molecule has 0 saturated carbocycles. The minimum atomic E-state index is -4.69. The van der Waals surface area contributed by atoms with Crippen LogP contribution >= 0.6 is 0 Å². The summed E-state index contributed by atoms with van der Waals surface area (Å²) < 4.78 is 31.2. The minimum Gasteiger partial charge on any atom is -0.480 e. The molecule has 118 valence electrons. The summed E-state index contributed by atoms with van der Waals surface area (Å²) in [4.78, 5) is 11.0. The maximum absolute atomic E-state index is 11.1. The van der Waals surface area contributed by atoms with Gasteiger partial charge in [-0.05, 0) is 16.7 Å². The van der Waals surface area contributed by atoms with Gasteiger partial charge in [-0.15, -0.1) is 0 Å². The monoisotopic (exact) mass is 322 g/mol. The average Bonchev–Trinajstić information content (AvgIpc) is 2.49. The predicted octanol–water partition coefficient (Wildman–Crippen LogP) is 3.39. The fourth-order valence-electron chi connectivity index (χ4n) is 1.92. The van der Waals surface area contributed by atoms with Crippen molar-refractivity contribution in [2.45, 2.75) is 19.1 Å². The smallest absolute Gasteiger partial charge is 0.329 e. The van der Waals surface area contributed by atoms with Gasteiger partial charge in [0.25, 0.3) is 10.1 Å². The fraction of sp³-hybridized carbons (Fsp3) is 0.188. The van der Waals surface area contributed by atoms with E-state index in [1.165, 1.54) is 12.1 Å². The van der Waals surface area contributed by atoms with Gasteiger partial charge in [0.2, 0.25) is 5.25 Å². The van der Waals surface area contributed by atoms with E-state index in [4.69, 9.17) is 9.66 Å². The van der Waals surface area contributed by atoms with Crippen LogP contribution in [-0.2, 0) is 14.9 Å². The lowest BCUT2D eigenvalue weighted by Gasteiger charge is -2.10. The Morgan fingerprint density at radius 1 is 0.909 bits per heavy atom. The van der Waals surface area contributed by atoms with E-state index in [9.17, 15) is 13.2 Å². The van der Waals surface area contributed by atoms with E-state index in [0.717, 1.165) is 11.1 Å². The van der Waals surface area contributed by atoms with E-state index >= 15 is 0 Å². The summed E-state index contributed by atoms with van der Waals surface area (Å²) in [5.74, 6) is -1.61. The highest BCUT2D eigenvalue weighted by Gasteiger charge is 2.32. The van der Waals surface area contributed by atoms with Gasteiger partial charge in [-0.25, -0.2) is 0 Å². The van der Waals surface area contributed by atoms with Crippen molar-refractivity contribution in [3.05, 3.63) is 60.2 Å². The van der Waals surface area contributed by atoms with Crippen LogP contribution in [-0.4, -0.2) is 24.0 Å². The Labute approximate surface area is 130 Å². The number of carboxylic acid groups (broad SMARTS) is 1. The van der Waals surface area contributed by atoms with Gasteiger partial charge >= 0.3 is 5.97 Å². The quantitative estimate of drug-likeness (QED) is 0.842. The molecule has 0 aliphatic rings. The Bertz CT molecular complexity index is 706. The first kappa shape index (κ1) is 17.9. The number of carbonyl (C=O) groups is 1. The molecular weight excluding hydrogens is 304 g/mol. The predicted molar refractivity (Wildman–Crippen MR) is 85.2 cm³/mol. The summed E-state index contributed by atoms with van der Waals surface area (Å²) in [6.07, 6.45) is 0. The zero-order valence-corrected chi connectivity index (χ0v) is 13.1. The van der Waals surface area contributed by atoms with Crippen LogP contribution in [0.1, 0.15) is 24.7 Å². The summed E-state index contributed by atoms with van der Waals surface area (Å²) in [5, 5.41) is 6.94. The van der Waals surface area contributed by atoms with Crippen LogP contribution in [0, 0.1) is 0 Å². The Kier molecular flexibility index (Phi) is 6.27. The average molecular weight is 322 g/mol. The van der Waals surface area contributed by atoms with Crippen molar-refractivity contribution in [1.29, 1.82) is 0 Å². The van der Waals surface area contributed by atoms with Gasteiger partial charge in [0.1, 0.15) is 0 Å². The molecule has 2 aromatic rings. The van der Waals surface area contributed by atoms with Crippen LogP contribution in [0.25, 0.3) is 11.1 Å². The molecule has 0 bridgehead atoms. The van der Waals surface area contributed by atoms with E-state index in [-0.39, 0.29) is 5.56 Å². The number of hydrogen-bond donors (Lipinski definition) is 2. The van der Waals surface area contributed by atoms with Crippen molar-refractivity contribution in [2.24, 2.45) is 0 Å². The second-order valence-corrected chi connectivity index (χ2v) is 5.72. The summed E-state index contributed by atoms with van der Waals surface area (Å²) in [5.41, 5.74) is 1.77. The first-order valence-corrected chi connectivity index (χ1v) is 8.24. The topological polar surface area (TPSA) is 91.7 Å². The highest BCUT2D eigenvalue weighted by Crippen LogP contribution is 2.25. The highest BCUT2D eigenvalue weighted by atomic mass is 32.2. The zero-order valence-electron chi connectivity index (χ0n) is 12.3. The van der Waals surface area contributed by atoms with Crippen LogP contribution in [0.15, 0.2) is 54.6 Å². The first-order chi connectivity index (χ1) is 10.4. The van der Waals surface area contributed by atoms with Crippen molar-refractivity contribution in [2.75, 3.05) is 0 Å². The molecule has 22 heavy (non-hydrogen) atoms. The molecule has 0 saturated heterocycles. The molecule has 0 spiro atoms. The van der Waals surface area contributed by atoms with Gasteiger partial charge in [0.05, 0.1) is 0 Å². The summed E-state index contributed by atoms with van der Waals surface area (Å²) in [6, 6.07) is 15.4. The van der Waals surface area contributed by atoms with Crippen molar-refractivity contribution in [3.8, 4) is 11.1 Å². The highest BCUT2D eigenvalue weighted by molar-refractivity contribution is 7.86. The lowest BCUT2D eigenvalue weighted by atomic mass is 10.0. The van der Waals surface area contributed by atoms with Crippen LogP contribution in [0.2, 0.25) is 0 Å². The largest absolute Gasteiger partial charge is 0.480 e. The van der Waals surface area contributed by atoms with Crippen LogP contribution in [0.4, 0.5) is 0 Å². The normalized spacial score (nSPS) is 12.0. The Balaban J connectivity index is 0.00000116. The van der Waals surface area contributed by atoms with Gasteiger partial charge in [-0.1, -0.05) is 68.4 Å². The second-order valence-electron chi connectivity index (χ2n) is 4.22. The van der Waals surface area contributed by atoms with E-state index in [1.54, 1.807) is 12.1 Å². The van der Waals surface area contributed by atoms with E-state index in [2.05, 4.69) is 0 Å². The molecule has 1 atom stereocenters. The number of rotatable bonds is 4. The van der Waals surface area contributed by atoms with Gasteiger partial charge in [-0.2, -0.15) is 8.42 Å². The third kappa shape index (κ3) is 4.41. The van der Waals surface area contributed by atoms with Crippen molar-refractivity contribution in [3.63, 3.8) is 0 Å². The number of benzene rings is 2. The van der Waals surface area contributed by atoms with Gasteiger partial charge < -0.3 is 5.11 Å². The molecule has 2 rings (SSSR count). The molecule has 5 nitrogen and oxygen atoms in total. The van der Waals surface area contributed by atoms with E-state index in [0.29, 0.717) is 0 Å². The molecule has 0 aliphatic heterocycles. The third-order valence-corrected chi connectivity index (χ3v) is 3.91.